The smallest absolute Gasteiger partial charge is 0.375 e. The molecule has 3 aliphatic heterocycles. The number of pyridine rings is 1. The second-order valence-corrected chi connectivity index (χ2v) is 19.8. The van der Waals surface area contributed by atoms with E-state index in [1.807, 2.05) is 28.0 Å². The number of furan rings is 2. The van der Waals surface area contributed by atoms with Gasteiger partial charge in [0.2, 0.25) is 34.4 Å². The van der Waals surface area contributed by atoms with E-state index in [1.165, 1.54) is 44.5 Å². The molecule has 6 heterocycles. The lowest BCUT2D eigenvalue weighted by atomic mass is 9.87. The highest BCUT2D eigenvalue weighted by Crippen LogP contribution is 2.43. The predicted molar refractivity (Wildman–Crippen MR) is 310 cm³/mol. The molecule has 3 aromatic carbocycles. The van der Waals surface area contributed by atoms with Crippen LogP contribution in [-0.4, -0.2) is 129 Å². The SMILES string of the molecule is CCOC(=O)C(=O)CC(C(=O)C(=O)OCC)c1cccc(N2CCCCC2)c1[N+](=O)[O-].CCOC(=O)c1cc(-c2cccc(N3CCCCC3)c2[N+](=O)[O-])c(C(=O)OC)o1.CCOC(=O)c1cc2c(o1)c(=O)[nH]c1c(N3CCCCC3)cccc12. The van der Waals surface area contributed by atoms with Crippen LogP contribution in [0.5, 0.6) is 0 Å². The van der Waals surface area contributed by atoms with Crippen LogP contribution in [0.3, 0.4) is 0 Å². The highest BCUT2D eigenvalue weighted by atomic mass is 16.6. The quantitative estimate of drug-likeness (QED) is 0.0259. The number of benzene rings is 3. The summed E-state index contributed by atoms with van der Waals surface area (Å²) in [5, 5.41) is 25.5. The van der Waals surface area contributed by atoms with Crippen molar-refractivity contribution in [3.63, 3.8) is 0 Å². The monoisotopic (exact) mass is 1180 g/mol. The van der Waals surface area contributed by atoms with Crippen LogP contribution in [0.1, 0.15) is 135 Å². The van der Waals surface area contributed by atoms with Crippen LogP contribution < -0.4 is 20.3 Å². The number of esters is 5. The summed E-state index contributed by atoms with van der Waals surface area (Å²) < 4.78 is 34.9. The number of hydrogen-bond acceptors (Lipinski definition) is 22. The Balaban J connectivity index is 0.000000183. The number of rotatable bonds is 19. The molecule has 3 fully saturated rings. The van der Waals surface area contributed by atoms with E-state index in [1.54, 1.807) is 38.1 Å². The number of nitrogens with zero attached hydrogens (tertiary/aromatic N) is 5. The minimum atomic E-state index is -1.54. The zero-order chi connectivity index (χ0) is 61.3. The van der Waals surface area contributed by atoms with E-state index >= 15 is 0 Å². The first kappa shape index (κ1) is 63.2. The minimum absolute atomic E-state index is 0.0499. The van der Waals surface area contributed by atoms with Gasteiger partial charge in [0.1, 0.15) is 11.4 Å². The number of ketones is 2. The molecule has 1 atom stereocenters. The van der Waals surface area contributed by atoms with Crippen LogP contribution in [-0.2, 0) is 42.9 Å². The van der Waals surface area contributed by atoms with Crippen LogP contribution in [0.2, 0.25) is 0 Å². The average molecular weight is 1180 g/mol. The number of nitrogens with one attached hydrogen (secondary N) is 1. The number of ether oxygens (including phenoxy) is 5. The molecule has 0 aliphatic carbocycles. The van der Waals surface area contributed by atoms with Crippen LogP contribution in [0.25, 0.3) is 33.0 Å². The zero-order valence-corrected chi connectivity index (χ0v) is 48.1. The molecule has 0 spiro atoms. The number of hydrogen-bond donors (Lipinski definition) is 1. The molecule has 0 amide bonds. The number of piperidine rings is 3. The maximum Gasteiger partial charge on any atom is 0.375 e. The number of nitro benzene ring substituents is 2. The van der Waals surface area contributed by atoms with Gasteiger partial charge in [-0.2, -0.15) is 0 Å². The number of H-pyrrole nitrogens is 1. The molecular formula is C60H68N6O19. The lowest BCUT2D eigenvalue weighted by molar-refractivity contribution is -0.384. The fraction of sp³-hybridized carbons (Fsp3) is 0.433. The summed E-state index contributed by atoms with van der Waals surface area (Å²) in [5.41, 5.74) is 2.11. The molecule has 3 saturated heterocycles. The Kier molecular flexibility index (Phi) is 22.1. The summed E-state index contributed by atoms with van der Waals surface area (Å²) in [7, 11) is 1.16. The van der Waals surface area contributed by atoms with Gasteiger partial charge in [0, 0.05) is 79.7 Å². The van der Waals surface area contributed by atoms with Gasteiger partial charge in [0.05, 0.1) is 66.1 Å². The molecule has 25 heteroatoms. The van der Waals surface area contributed by atoms with Crippen molar-refractivity contribution in [2.45, 2.75) is 97.8 Å². The van der Waals surface area contributed by atoms with E-state index in [4.69, 9.17) is 27.8 Å². The predicted octanol–water partition coefficient (Wildman–Crippen LogP) is 9.57. The molecule has 85 heavy (non-hydrogen) atoms. The largest absolute Gasteiger partial charge is 0.463 e. The number of Topliss-reactive ketones (excluding diaryl/α,β-unsaturated/α-hetero) is 2. The van der Waals surface area contributed by atoms with Gasteiger partial charge in [-0.3, -0.25) is 34.6 Å². The van der Waals surface area contributed by atoms with Crippen molar-refractivity contribution in [3.05, 3.63) is 120 Å². The maximum absolute atomic E-state index is 12.8. The fourth-order valence-electron chi connectivity index (χ4n) is 10.6. The van der Waals surface area contributed by atoms with Gasteiger partial charge in [-0.15, -0.1) is 0 Å². The number of carbonyl (C=O) groups is 7. The Morgan fingerprint density at radius 1 is 0.565 bits per heavy atom. The summed E-state index contributed by atoms with van der Waals surface area (Å²) in [6.07, 6.45) is 8.56. The molecule has 6 aromatic rings. The third-order valence-electron chi connectivity index (χ3n) is 14.4. The first-order chi connectivity index (χ1) is 41.0. The van der Waals surface area contributed by atoms with Crippen molar-refractivity contribution in [2.75, 3.05) is 87.5 Å². The van der Waals surface area contributed by atoms with Gasteiger partial charge in [-0.25, -0.2) is 24.0 Å². The zero-order valence-electron chi connectivity index (χ0n) is 48.1. The van der Waals surface area contributed by atoms with Crippen molar-refractivity contribution < 1.29 is 75.9 Å². The first-order valence-corrected chi connectivity index (χ1v) is 28.3. The summed E-state index contributed by atoms with van der Waals surface area (Å²) in [6, 6.07) is 18.2. The molecule has 1 unspecified atom stereocenters. The van der Waals surface area contributed by atoms with Gasteiger partial charge in [0.15, 0.2) is 0 Å². The molecule has 3 aliphatic rings. The molecule has 0 saturated carbocycles. The standard InChI is InChI=1S/C21H26N2O8.C20H22N2O7.C19H20N2O4/c1-3-30-20(26)17(24)13-15(19(25)21(27)31-4-2)14-9-8-10-16(18(14)23(28)29)22-11-6-5-7-12-22;1-3-28-19(23)16-12-14(18(29-16)20(24)27-2)13-8-7-9-15(17(13)22(25)26)21-10-5-4-6-11-21;1-2-24-19(23)15-11-13-12-7-6-8-14(21-9-4-3-5-10-21)16(12)20-18(22)17(13)25-15/h8-10,15H,3-7,11-13H2,1-2H3;7-9,12H,3-6,10-11H2,1-2H3;6-8,11H,2-5,9-10H2,1H3,(H,20,22). The Morgan fingerprint density at radius 2 is 1.05 bits per heavy atom. The minimum Gasteiger partial charge on any atom is -0.463 e. The van der Waals surface area contributed by atoms with Crippen molar-refractivity contribution >= 4 is 91.7 Å². The summed E-state index contributed by atoms with van der Waals surface area (Å²) in [6.45, 7) is 11.2. The number of methoxy groups -OCH3 is 1. The van der Waals surface area contributed by atoms with Gasteiger partial charge in [-0.05, 0) is 110 Å². The van der Waals surface area contributed by atoms with Gasteiger partial charge in [-0.1, -0.05) is 30.3 Å². The molecule has 0 radical (unpaired) electrons. The van der Waals surface area contributed by atoms with Crippen molar-refractivity contribution in [1.82, 2.24) is 4.98 Å². The lowest BCUT2D eigenvalue weighted by Gasteiger charge is -2.29. The number of para-hydroxylation sites is 3. The highest BCUT2D eigenvalue weighted by molar-refractivity contribution is 6.39. The number of carbonyl (C=O) groups excluding carboxylic acids is 7. The summed E-state index contributed by atoms with van der Waals surface area (Å²) in [5.74, 6) is -8.72. The van der Waals surface area contributed by atoms with E-state index in [2.05, 4.69) is 14.6 Å². The second kappa shape index (κ2) is 29.7. The molecule has 452 valence electrons. The fourth-order valence-corrected chi connectivity index (χ4v) is 10.6. The summed E-state index contributed by atoms with van der Waals surface area (Å²) >= 11 is 0. The third-order valence-corrected chi connectivity index (χ3v) is 14.4. The number of anilines is 3. The van der Waals surface area contributed by atoms with Crippen LogP contribution in [0, 0.1) is 20.2 Å². The van der Waals surface area contributed by atoms with E-state index in [0.29, 0.717) is 42.9 Å². The first-order valence-electron chi connectivity index (χ1n) is 28.3. The molecule has 3 aromatic heterocycles. The molecule has 25 nitrogen and oxygen atoms in total. The number of nitro groups is 2. The van der Waals surface area contributed by atoms with E-state index in [9.17, 15) is 58.6 Å². The van der Waals surface area contributed by atoms with Crippen LogP contribution in [0.4, 0.5) is 28.4 Å². The lowest BCUT2D eigenvalue weighted by Crippen LogP contribution is -2.32. The average Bonchev–Trinajstić information content (AvgIpc) is 2.35. The van der Waals surface area contributed by atoms with E-state index < -0.39 is 63.6 Å². The Labute approximate surface area is 487 Å². The van der Waals surface area contributed by atoms with Gasteiger partial charge in [0.25, 0.3) is 16.9 Å². The second-order valence-electron chi connectivity index (χ2n) is 19.8. The van der Waals surface area contributed by atoms with Crippen molar-refractivity contribution in [2.24, 2.45) is 0 Å². The number of aromatic nitrogens is 1. The van der Waals surface area contributed by atoms with Crippen molar-refractivity contribution in [3.8, 4) is 11.1 Å². The van der Waals surface area contributed by atoms with Crippen molar-refractivity contribution in [1.29, 1.82) is 0 Å². The van der Waals surface area contributed by atoms with Crippen LogP contribution in [0.15, 0.2) is 80.4 Å². The normalized spacial score (nSPS) is 14.4. The van der Waals surface area contributed by atoms with Gasteiger partial charge < -0.3 is 52.2 Å². The molecule has 1 N–H and O–H groups in total. The van der Waals surface area contributed by atoms with E-state index in [0.717, 1.165) is 88.2 Å². The Bertz CT molecular complexity index is 3510. The molecule has 9 rings (SSSR count). The topological polar surface area (TPSA) is 321 Å². The van der Waals surface area contributed by atoms with E-state index in [-0.39, 0.29) is 82.9 Å². The van der Waals surface area contributed by atoms with Gasteiger partial charge >= 0.3 is 29.8 Å². The Hall–Kier alpha value is -9.42. The number of aromatic amines is 1. The van der Waals surface area contributed by atoms with Crippen LogP contribution >= 0.6 is 0 Å². The molecule has 0 bridgehead atoms. The number of fused-ring (bicyclic) bond motifs is 3. The third kappa shape index (κ3) is 14.9. The highest BCUT2D eigenvalue weighted by Gasteiger charge is 2.39. The molecular weight excluding hydrogens is 1110 g/mol. The Morgan fingerprint density at radius 3 is 1.58 bits per heavy atom. The summed E-state index contributed by atoms with van der Waals surface area (Å²) in [4.78, 5) is 130. The maximum atomic E-state index is 12.8.